The number of halogens is 1. The highest BCUT2D eigenvalue weighted by atomic mass is 35.5. The zero-order chi connectivity index (χ0) is 13.1. The molecule has 0 atom stereocenters. The first-order valence-electron chi connectivity index (χ1n) is 6.30. The molecule has 0 unspecified atom stereocenters. The van der Waals surface area contributed by atoms with E-state index in [2.05, 4.69) is 38.1 Å². The summed E-state index contributed by atoms with van der Waals surface area (Å²) in [6.07, 6.45) is 2.96. The Morgan fingerprint density at radius 2 is 2.00 bits per heavy atom. The summed E-state index contributed by atoms with van der Waals surface area (Å²) in [4.78, 5) is 0. The maximum atomic E-state index is 6.29. The van der Waals surface area contributed by atoms with E-state index in [1.165, 1.54) is 0 Å². The summed E-state index contributed by atoms with van der Waals surface area (Å²) in [5.41, 5.74) is 2.34. The molecule has 0 fully saturated rings. The SMILES string of the molecule is CCc1nn(C)c(CCCNC(C)(C)C)c1Cl. The summed E-state index contributed by atoms with van der Waals surface area (Å²) < 4.78 is 1.91. The van der Waals surface area contributed by atoms with Crippen molar-refractivity contribution in [3.05, 3.63) is 16.4 Å². The number of rotatable bonds is 5. The third-order valence-electron chi connectivity index (χ3n) is 2.75. The fourth-order valence-corrected chi connectivity index (χ4v) is 2.20. The van der Waals surface area contributed by atoms with Crippen LogP contribution in [0.1, 0.15) is 45.5 Å². The average molecular weight is 258 g/mol. The smallest absolute Gasteiger partial charge is 0.0849 e. The molecule has 0 bridgehead atoms. The molecule has 0 aliphatic rings. The van der Waals surface area contributed by atoms with Crippen molar-refractivity contribution in [3.63, 3.8) is 0 Å². The Kier molecular flexibility index (Phi) is 5.02. The summed E-state index contributed by atoms with van der Waals surface area (Å²) in [5, 5.41) is 8.75. The Hall–Kier alpha value is -0.540. The van der Waals surface area contributed by atoms with Gasteiger partial charge >= 0.3 is 0 Å². The molecule has 1 rings (SSSR count). The lowest BCUT2D eigenvalue weighted by Gasteiger charge is -2.20. The first-order valence-corrected chi connectivity index (χ1v) is 6.68. The predicted molar refractivity (Wildman–Crippen MR) is 73.7 cm³/mol. The second-order valence-electron chi connectivity index (χ2n) is 5.46. The largest absolute Gasteiger partial charge is 0.312 e. The van der Waals surface area contributed by atoms with Crippen LogP contribution in [-0.4, -0.2) is 21.9 Å². The van der Waals surface area contributed by atoms with Gasteiger partial charge in [-0.25, -0.2) is 0 Å². The number of aryl methyl sites for hydroxylation is 2. The third kappa shape index (κ3) is 4.32. The monoisotopic (exact) mass is 257 g/mol. The van der Waals surface area contributed by atoms with Gasteiger partial charge in [0.1, 0.15) is 0 Å². The molecule has 17 heavy (non-hydrogen) atoms. The van der Waals surface area contributed by atoms with Crippen molar-refractivity contribution in [3.8, 4) is 0 Å². The Morgan fingerprint density at radius 1 is 1.35 bits per heavy atom. The van der Waals surface area contributed by atoms with Gasteiger partial charge in [0.2, 0.25) is 0 Å². The number of aromatic nitrogens is 2. The number of nitrogens with zero attached hydrogens (tertiary/aromatic N) is 2. The molecule has 0 aliphatic heterocycles. The molecule has 1 aromatic heterocycles. The molecule has 0 aliphatic carbocycles. The minimum absolute atomic E-state index is 0.185. The molecule has 98 valence electrons. The van der Waals surface area contributed by atoms with Gasteiger partial charge in [-0.2, -0.15) is 5.10 Å². The van der Waals surface area contributed by atoms with E-state index in [1.54, 1.807) is 0 Å². The Labute approximate surface area is 110 Å². The van der Waals surface area contributed by atoms with Crippen LogP contribution in [0, 0.1) is 0 Å². The van der Waals surface area contributed by atoms with Crippen molar-refractivity contribution in [2.45, 2.75) is 52.5 Å². The van der Waals surface area contributed by atoms with Gasteiger partial charge in [0.05, 0.1) is 16.4 Å². The van der Waals surface area contributed by atoms with E-state index in [4.69, 9.17) is 11.6 Å². The van der Waals surface area contributed by atoms with Crippen LogP contribution >= 0.6 is 11.6 Å². The van der Waals surface area contributed by atoms with Crippen molar-refractivity contribution < 1.29 is 0 Å². The third-order valence-corrected chi connectivity index (χ3v) is 3.18. The van der Waals surface area contributed by atoms with E-state index < -0.39 is 0 Å². The van der Waals surface area contributed by atoms with Gasteiger partial charge in [-0.05, 0) is 46.6 Å². The van der Waals surface area contributed by atoms with E-state index in [0.717, 1.165) is 42.2 Å². The van der Waals surface area contributed by atoms with Crippen molar-refractivity contribution in [1.82, 2.24) is 15.1 Å². The highest BCUT2D eigenvalue weighted by Gasteiger charge is 2.13. The van der Waals surface area contributed by atoms with Crippen LogP contribution in [0.2, 0.25) is 5.02 Å². The van der Waals surface area contributed by atoms with Gasteiger partial charge in [0.15, 0.2) is 0 Å². The zero-order valence-corrected chi connectivity index (χ0v) is 12.4. The fraction of sp³-hybridized carbons (Fsp3) is 0.769. The van der Waals surface area contributed by atoms with Crippen molar-refractivity contribution in [1.29, 1.82) is 0 Å². The number of hydrogen-bond acceptors (Lipinski definition) is 2. The van der Waals surface area contributed by atoms with Gasteiger partial charge < -0.3 is 5.32 Å². The quantitative estimate of drug-likeness (QED) is 0.822. The Bertz CT molecular complexity index is 363. The molecule has 1 aromatic rings. The van der Waals surface area contributed by atoms with E-state index in [-0.39, 0.29) is 5.54 Å². The molecule has 3 nitrogen and oxygen atoms in total. The number of nitrogens with one attached hydrogen (secondary N) is 1. The van der Waals surface area contributed by atoms with Crippen LogP contribution in [0.5, 0.6) is 0 Å². The Morgan fingerprint density at radius 3 is 2.47 bits per heavy atom. The van der Waals surface area contributed by atoms with Crippen LogP contribution < -0.4 is 5.32 Å². The molecule has 0 radical (unpaired) electrons. The summed E-state index contributed by atoms with van der Waals surface area (Å²) >= 11 is 6.29. The summed E-state index contributed by atoms with van der Waals surface area (Å²) in [7, 11) is 1.97. The summed E-state index contributed by atoms with van der Waals surface area (Å²) in [5.74, 6) is 0. The average Bonchev–Trinajstić information content (AvgIpc) is 2.48. The second-order valence-corrected chi connectivity index (χ2v) is 5.84. The van der Waals surface area contributed by atoms with Crippen molar-refractivity contribution in [2.24, 2.45) is 7.05 Å². The molecule has 0 spiro atoms. The Balaban J connectivity index is 2.50. The minimum Gasteiger partial charge on any atom is -0.312 e. The van der Waals surface area contributed by atoms with Crippen LogP contribution in [0.15, 0.2) is 0 Å². The lowest BCUT2D eigenvalue weighted by atomic mass is 10.1. The molecule has 0 amide bonds. The molecule has 1 N–H and O–H groups in total. The molecule has 4 heteroatoms. The van der Waals surface area contributed by atoms with Gasteiger partial charge in [-0.3, -0.25) is 4.68 Å². The molecule has 0 saturated heterocycles. The standard InChI is InChI=1S/C13H24ClN3/c1-6-10-12(14)11(17(5)16-10)8-7-9-15-13(2,3)4/h15H,6-9H2,1-5H3. The normalized spacial score (nSPS) is 12.1. The van der Waals surface area contributed by atoms with Crippen LogP contribution in [0.4, 0.5) is 0 Å². The van der Waals surface area contributed by atoms with E-state index in [9.17, 15) is 0 Å². The van der Waals surface area contributed by atoms with Gasteiger partial charge in [0.25, 0.3) is 0 Å². The van der Waals surface area contributed by atoms with E-state index >= 15 is 0 Å². The van der Waals surface area contributed by atoms with Gasteiger partial charge in [-0.1, -0.05) is 18.5 Å². The number of hydrogen-bond donors (Lipinski definition) is 1. The first kappa shape index (κ1) is 14.5. The molecule has 0 aromatic carbocycles. The summed E-state index contributed by atoms with van der Waals surface area (Å²) in [6, 6.07) is 0. The maximum absolute atomic E-state index is 6.29. The van der Waals surface area contributed by atoms with Crippen LogP contribution in [0.25, 0.3) is 0 Å². The van der Waals surface area contributed by atoms with Crippen LogP contribution in [-0.2, 0) is 19.9 Å². The highest BCUT2D eigenvalue weighted by molar-refractivity contribution is 6.31. The van der Waals surface area contributed by atoms with Crippen molar-refractivity contribution in [2.75, 3.05) is 6.54 Å². The molecule has 0 saturated carbocycles. The highest BCUT2D eigenvalue weighted by Crippen LogP contribution is 2.21. The zero-order valence-electron chi connectivity index (χ0n) is 11.6. The molecule has 1 heterocycles. The lowest BCUT2D eigenvalue weighted by Crippen LogP contribution is -2.36. The van der Waals surface area contributed by atoms with E-state index in [0.29, 0.717) is 0 Å². The molecular formula is C13H24ClN3. The van der Waals surface area contributed by atoms with E-state index in [1.807, 2.05) is 11.7 Å². The topological polar surface area (TPSA) is 29.9 Å². The van der Waals surface area contributed by atoms with Gasteiger partial charge in [-0.15, -0.1) is 0 Å². The lowest BCUT2D eigenvalue weighted by molar-refractivity contribution is 0.421. The maximum Gasteiger partial charge on any atom is 0.0849 e. The summed E-state index contributed by atoms with van der Waals surface area (Å²) in [6.45, 7) is 9.63. The fourth-order valence-electron chi connectivity index (χ4n) is 1.81. The second kappa shape index (κ2) is 5.87. The first-order chi connectivity index (χ1) is 7.85. The minimum atomic E-state index is 0.185. The predicted octanol–water partition coefficient (Wildman–Crippen LogP) is 2.96. The van der Waals surface area contributed by atoms with Gasteiger partial charge in [0, 0.05) is 12.6 Å². The molecular weight excluding hydrogens is 234 g/mol. The van der Waals surface area contributed by atoms with Crippen LogP contribution in [0.3, 0.4) is 0 Å². The van der Waals surface area contributed by atoms with Crippen molar-refractivity contribution >= 4 is 11.6 Å².